The lowest BCUT2D eigenvalue weighted by Crippen LogP contribution is -2.39. The van der Waals surface area contributed by atoms with E-state index in [0.29, 0.717) is 5.92 Å². The Kier molecular flexibility index (Phi) is 3.75. The number of alkyl halides is 1. The van der Waals surface area contributed by atoms with Crippen molar-refractivity contribution >= 4 is 27.5 Å². The second kappa shape index (κ2) is 4.89. The molecule has 2 rings (SSSR count). The van der Waals surface area contributed by atoms with Crippen LogP contribution in [0.5, 0.6) is 0 Å². The van der Waals surface area contributed by atoms with Crippen LogP contribution in [0.3, 0.4) is 0 Å². The molecule has 1 fully saturated rings. The minimum atomic E-state index is 0.284. The Morgan fingerprint density at radius 2 is 2.33 bits per heavy atom. The Bertz CT molecular complexity index is 318. The van der Waals surface area contributed by atoms with Crippen LogP contribution in [-0.4, -0.2) is 23.4 Å². The van der Waals surface area contributed by atoms with E-state index in [4.69, 9.17) is 16.0 Å². The molecule has 2 atom stereocenters. The van der Waals surface area contributed by atoms with Crippen LogP contribution in [0, 0.1) is 5.92 Å². The van der Waals surface area contributed by atoms with Gasteiger partial charge in [0, 0.05) is 18.5 Å². The molecular formula is C11H15BrClNO. The van der Waals surface area contributed by atoms with Gasteiger partial charge in [-0.05, 0) is 40.4 Å². The van der Waals surface area contributed by atoms with Crippen molar-refractivity contribution in [3.05, 3.63) is 22.6 Å². The smallest absolute Gasteiger partial charge is 0.169 e. The van der Waals surface area contributed by atoms with E-state index in [0.717, 1.165) is 36.5 Å². The molecule has 2 unspecified atom stereocenters. The first kappa shape index (κ1) is 11.5. The molecule has 1 aromatic rings. The molecular weight excluding hydrogens is 277 g/mol. The van der Waals surface area contributed by atoms with Crippen molar-refractivity contribution in [1.82, 2.24) is 4.90 Å². The third kappa shape index (κ3) is 3.23. The van der Waals surface area contributed by atoms with Gasteiger partial charge in [-0.3, -0.25) is 4.90 Å². The number of piperidine rings is 1. The molecule has 2 nitrogen and oxygen atoms in total. The summed E-state index contributed by atoms with van der Waals surface area (Å²) in [6.07, 6.45) is 1.12. The standard InChI is InChI=1S/C11H15BrClNO/c1-8-4-9(13)6-14(5-8)7-10-2-3-11(12)15-10/h2-3,8-9H,4-7H2,1H3. The highest BCUT2D eigenvalue weighted by atomic mass is 79.9. The monoisotopic (exact) mass is 291 g/mol. The van der Waals surface area contributed by atoms with Crippen LogP contribution in [0.1, 0.15) is 19.1 Å². The number of hydrogen-bond acceptors (Lipinski definition) is 2. The van der Waals surface area contributed by atoms with E-state index < -0.39 is 0 Å². The second-order valence-electron chi connectivity index (χ2n) is 4.34. The van der Waals surface area contributed by atoms with Gasteiger partial charge >= 0.3 is 0 Å². The van der Waals surface area contributed by atoms with Crippen molar-refractivity contribution in [2.45, 2.75) is 25.3 Å². The maximum absolute atomic E-state index is 6.20. The van der Waals surface area contributed by atoms with E-state index in [2.05, 4.69) is 27.8 Å². The van der Waals surface area contributed by atoms with Crippen LogP contribution < -0.4 is 0 Å². The lowest BCUT2D eigenvalue weighted by molar-refractivity contribution is 0.168. The molecule has 1 aliphatic rings. The summed E-state index contributed by atoms with van der Waals surface area (Å²) in [6, 6.07) is 3.94. The maximum Gasteiger partial charge on any atom is 0.169 e. The van der Waals surface area contributed by atoms with Gasteiger partial charge < -0.3 is 4.42 Å². The van der Waals surface area contributed by atoms with Crippen LogP contribution in [-0.2, 0) is 6.54 Å². The molecule has 0 amide bonds. The molecule has 0 radical (unpaired) electrons. The zero-order valence-corrected chi connectivity index (χ0v) is 11.1. The quantitative estimate of drug-likeness (QED) is 0.776. The van der Waals surface area contributed by atoms with Gasteiger partial charge in [0.05, 0.1) is 6.54 Å². The van der Waals surface area contributed by atoms with Crippen molar-refractivity contribution in [3.63, 3.8) is 0 Å². The van der Waals surface area contributed by atoms with E-state index in [9.17, 15) is 0 Å². The summed E-state index contributed by atoms with van der Waals surface area (Å²) in [5.74, 6) is 1.68. The van der Waals surface area contributed by atoms with Crippen molar-refractivity contribution in [3.8, 4) is 0 Å². The molecule has 2 heterocycles. The lowest BCUT2D eigenvalue weighted by Gasteiger charge is -2.33. The van der Waals surface area contributed by atoms with Crippen LogP contribution in [0.2, 0.25) is 0 Å². The zero-order valence-electron chi connectivity index (χ0n) is 8.75. The summed E-state index contributed by atoms with van der Waals surface area (Å²) in [6.45, 7) is 5.19. The number of halogens is 2. The Balaban J connectivity index is 1.94. The second-order valence-corrected chi connectivity index (χ2v) is 5.74. The Hall–Kier alpha value is 0.01000. The summed E-state index contributed by atoms with van der Waals surface area (Å²) in [4.78, 5) is 2.36. The molecule has 0 spiro atoms. The van der Waals surface area contributed by atoms with E-state index in [1.165, 1.54) is 0 Å². The number of hydrogen-bond donors (Lipinski definition) is 0. The van der Waals surface area contributed by atoms with Gasteiger partial charge in [-0.15, -0.1) is 11.6 Å². The molecule has 1 aromatic heterocycles. The number of likely N-dealkylation sites (tertiary alicyclic amines) is 1. The van der Waals surface area contributed by atoms with Gasteiger partial charge in [0.25, 0.3) is 0 Å². The average Bonchev–Trinajstić information content (AvgIpc) is 2.49. The Labute approximate surface area is 104 Å². The summed E-state index contributed by atoms with van der Waals surface area (Å²) in [5.41, 5.74) is 0. The summed E-state index contributed by atoms with van der Waals surface area (Å²) < 4.78 is 6.28. The SMILES string of the molecule is CC1CC(Cl)CN(Cc2ccc(Br)o2)C1. The fourth-order valence-corrected chi connectivity index (χ4v) is 3.01. The third-order valence-electron chi connectivity index (χ3n) is 2.69. The molecule has 0 bridgehead atoms. The van der Waals surface area contributed by atoms with Gasteiger partial charge in [-0.25, -0.2) is 0 Å². The number of furan rings is 1. The minimum absolute atomic E-state index is 0.284. The largest absolute Gasteiger partial charge is 0.453 e. The van der Waals surface area contributed by atoms with Crippen LogP contribution in [0.25, 0.3) is 0 Å². The van der Waals surface area contributed by atoms with Crippen molar-refractivity contribution in [2.75, 3.05) is 13.1 Å². The molecule has 1 aliphatic heterocycles. The van der Waals surface area contributed by atoms with Crippen LogP contribution in [0.4, 0.5) is 0 Å². The fourth-order valence-electron chi connectivity index (χ4n) is 2.17. The summed E-state index contributed by atoms with van der Waals surface area (Å²) in [7, 11) is 0. The van der Waals surface area contributed by atoms with Crippen LogP contribution >= 0.6 is 27.5 Å². The first-order valence-corrected chi connectivity index (χ1v) is 6.47. The molecule has 4 heteroatoms. The zero-order chi connectivity index (χ0) is 10.8. The van der Waals surface area contributed by atoms with Gasteiger partial charge in [0.1, 0.15) is 5.76 Å². The predicted octanol–water partition coefficient (Wildman–Crippen LogP) is 3.49. The first-order chi connectivity index (χ1) is 7.13. The molecule has 0 N–H and O–H groups in total. The van der Waals surface area contributed by atoms with Gasteiger partial charge in [-0.1, -0.05) is 6.92 Å². The molecule has 15 heavy (non-hydrogen) atoms. The third-order valence-corrected chi connectivity index (χ3v) is 3.43. The number of nitrogens with zero attached hydrogens (tertiary/aromatic N) is 1. The first-order valence-electron chi connectivity index (χ1n) is 5.24. The van der Waals surface area contributed by atoms with Crippen molar-refractivity contribution in [1.29, 1.82) is 0 Å². The minimum Gasteiger partial charge on any atom is -0.453 e. The topological polar surface area (TPSA) is 16.4 Å². The lowest BCUT2D eigenvalue weighted by atomic mass is 10.00. The fraction of sp³-hybridized carbons (Fsp3) is 0.636. The molecule has 0 saturated carbocycles. The molecule has 0 aliphatic carbocycles. The Morgan fingerprint density at radius 3 is 2.93 bits per heavy atom. The van der Waals surface area contributed by atoms with Crippen molar-refractivity contribution < 1.29 is 4.42 Å². The highest BCUT2D eigenvalue weighted by molar-refractivity contribution is 9.10. The normalized spacial score (nSPS) is 28.2. The van der Waals surface area contributed by atoms with Gasteiger partial charge in [0.2, 0.25) is 0 Å². The highest BCUT2D eigenvalue weighted by Gasteiger charge is 2.23. The molecule has 84 valence electrons. The van der Waals surface area contributed by atoms with E-state index >= 15 is 0 Å². The summed E-state index contributed by atoms with van der Waals surface area (Å²) in [5, 5.41) is 0.284. The van der Waals surface area contributed by atoms with E-state index in [1.54, 1.807) is 0 Å². The Morgan fingerprint density at radius 1 is 1.53 bits per heavy atom. The molecule has 0 aromatic carbocycles. The average molecular weight is 293 g/mol. The van der Waals surface area contributed by atoms with Crippen molar-refractivity contribution in [2.24, 2.45) is 5.92 Å². The van der Waals surface area contributed by atoms with Gasteiger partial charge in [-0.2, -0.15) is 0 Å². The highest BCUT2D eigenvalue weighted by Crippen LogP contribution is 2.23. The maximum atomic E-state index is 6.20. The number of rotatable bonds is 2. The summed E-state index contributed by atoms with van der Waals surface area (Å²) >= 11 is 9.51. The molecule has 1 saturated heterocycles. The van der Waals surface area contributed by atoms with E-state index in [-0.39, 0.29) is 5.38 Å². The predicted molar refractivity (Wildman–Crippen MR) is 65.1 cm³/mol. The van der Waals surface area contributed by atoms with E-state index in [1.807, 2.05) is 12.1 Å². The van der Waals surface area contributed by atoms with Crippen LogP contribution in [0.15, 0.2) is 21.2 Å². The van der Waals surface area contributed by atoms with Gasteiger partial charge in [0.15, 0.2) is 4.67 Å².